The molecular formula is C48H37N9O23S7. The Morgan fingerprint density at radius 3 is 1.78 bits per heavy atom. The number of aryl methyl sites for hydroxylation is 1. The van der Waals surface area contributed by atoms with Crippen LogP contribution in [0.4, 0.5) is 33.6 Å². The van der Waals surface area contributed by atoms with Gasteiger partial charge < -0.3 is 14.9 Å². The van der Waals surface area contributed by atoms with Crippen molar-refractivity contribution < 1.29 is 102 Å². The average Bonchev–Trinajstić information content (AvgIpc) is 1.54. The van der Waals surface area contributed by atoms with Crippen molar-refractivity contribution in [3.05, 3.63) is 121 Å². The number of ether oxygens (including phenoxy) is 1. The van der Waals surface area contributed by atoms with Crippen molar-refractivity contribution in [3.63, 3.8) is 0 Å². The molecule has 0 bridgehead atoms. The minimum atomic E-state index is -5.64. The van der Waals surface area contributed by atoms with Gasteiger partial charge in [0.05, 0.1) is 34.0 Å². The molecule has 0 fully saturated rings. The fourth-order valence-electron chi connectivity index (χ4n) is 8.12. The fourth-order valence-corrected chi connectivity index (χ4v) is 13.0. The van der Waals surface area contributed by atoms with Crippen molar-refractivity contribution in [3.8, 4) is 34.3 Å². The zero-order valence-corrected chi connectivity index (χ0v) is 49.1. The number of unbranched alkanes of at least 4 members (excludes halogenated alkanes) is 1. The largest absolute Gasteiger partial charge is 0.505 e. The summed E-state index contributed by atoms with van der Waals surface area (Å²) in [6.45, 7) is 1.65. The molecule has 0 aliphatic heterocycles. The standard InChI is InChI=1S/C47H37N9O18S6.CO2.O3S/c1-25-21-36(37(74-19-7-8-20-76(59,60)61)24-35(25)51-54-47-48-32-11-5-6-12-38(32)75-47)52-49-33-16-14-30-29(43(33)57)13-17-34(44(30)79(68,69)70)50-53-42-41(26-9-3-2-4-10-26)55-56(46(42)58)27-22-31-28(40(23-27)78(65,66)67)15-18-39(77(62,63)64)45(31)80(71,72)73;2-1-3;1-4(2)3/h2-6,9-18,21-24,57-58H,7-8,19-20H2,1H3,(H,59,60,61)(H,62,63,64)(H,65,66,67)(H,68,69,70)(H,71,72,73);;. The van der Waals surface area contributed by atoms with Crippen LogP contribution >= 0.6 is 11.3 Å². The van der Waals surface area contributed by atoms with Gasteiger partial charge in [-0.25, -0.2) is 4.98 Å². The quantitative estimate of drug-likeness (QED) is 0.0239. The minimum absolute atomic E-state index is 0.0458. The normalized spacial score (nSPS) is 12.3. The Bertz CT molecular complexity index is 5040. The van der Waals surface area contributed by atoms with Gasteiger partial charge in [-0.15, -0.1) is 43.3 Å². The van der Waals surface area contributed by atoms with E-state index in [1.807, 2.05) is 24.3 Å². The lowest BCUT2D eigenvalue weighted by molar-refractivity contribution is -0.191. The third-order valence-corrected chi connectivity index (χ3v) is 17.2. The molecule has 87 heavy (non-hydrogen) atoms. The van der Waals surface area contributed by atoms with Crippen LogP contribution in [0, 0.1) is 6.92 Å². The van der Waals surface area contributed by atoms with E-state index in [0.29, 0.717) is 33.2 Å². The number of phenols is 1. The lowest BCUT2D eigenvalue weighted by atomic mass is 10.1. The molecule has 0 atom stereocenters. The number of phenolic OH excluding ortho intramolecular Hbond substituents is 1. The highest BCUT2D eigenvalue weighted by atomic mass is 32.2. The summed E-state index contributed by atoms with van der Waals surface area (Å²) in [5, 5.41) is 51.0. The Hall–Kier alpha value is -9.09. The molecule has 2 heterocycles. The number of hydrogen-bond donors (Lipinski definition) is 7. The molecule has 0 aliphatic rings. The van der Waals surface area contributed by atoms with Gasteiger partial charge in [-0.1, -0.05) is 65.9 Å². The van der Waals surface area contributed by atoms with Gasteiger partial charge in [0.1, 0.15) is 48.1 Å². The first-order chi connectivity index (χ1) is 40.7. The van der Waals surface area contributed by atoms with Crippen molar-refractivity contribution in [1.29, 1.82) is 0 Å². The molecule has 0 radical (unpaired) electrons. The molecule has 0 unspecified atom stereocenters. The number of aromatic nitrogens is 3. The van der Waals surface area contributed by atoms with E-state index in [-0.39, 0.29) is 64.8 Å². The minimum Gasteiger partial charge on any atom is -0.505 e. The molecule has 9 rings (SSSR count). The van der Waals surface area contributed by atoms with Gasteiger partial charge in [-0.3, -0.25) is 22.8 Å². The van der Waals surface area contributed by atoms with E-state index in [0.717, 1.165) is 40.5 Å². The summed E-state index contributed by atoms with van der Waals surface area (Å²) in [6.07, 6.45) is 0.493. The van der Waals surface area contributed by atoms with E-state index in [1.54, 1.807) is 19.1 Å². The Morgan fingerprint density at radius 1 is 0.586 bits per heavy atom. The summed E-state index contributed by atoms with van der Waals surface area (Å²) in [5.41, 5.74) is -0.435. The average molecular weight is 1330 g/mol. The van der Waals surface area contributed by atoms with Gasteiger partial charge in [0.25, 0.3) is 50.6 Å². The van der Waals surface area contributed by atoms with E-state index in [1.165, 1.54) is 47.7 Å². The van der Waals surface area contributed by atoms with E-state index in [2.05, 4.69) is 40.8 Å². The van der Waals surface area contributed by atoms with E-state index >= 15 is 0 Å². The third kappa shape index (κ3) is 15.9. The maximum atomic E-state index is 13.2. The first-order valence-electron chi connectivity index (χ1n) is 23.5. The number of aromatic hydroxyl groups is 2. The van der Waals surface area contributed by atoms with Crippen LogP contribution in [-0.2, 0) is 70.8 Å². The smallest absolute Gasteiger partial charge is 0.425 e. The van der Waals surface area contributed by atoms with Crippen LogP contribution in [0.2, 0.25) is 0 Å². The van der Waals surface area contributed by atoms with Crippen molar-refractivity contribution in [1.82, 2.24) is 14.8 Å². The number of azo groups is 3. The lowest BCUT2D eigenvalue weighted by Crippen LogP contribution is -2.11. The monoisotopic (exact) mass is 1330 g/mol. The predicted octanol–water partition coefficient (Wildman–Crippen LogP) is 8.87. The van der Waals surface area contributed by atoms with Crippen LogP contribution in [0.3, 0.4) is 0 Å². The molecular weight excluding hydrogens is 1300 g/mol. The number of nitrogens with zero attached hydrogens (tertiary/aromatic N) is 9. The summed E-state index contributed by atoms with van der Waals surface area (Å²) in [6, 6.07) is 25.1. The number of benzene rings is 7. The molecule has 0 amide bonds. The van der Waals surface area contributed by atoms with Crippen LogP contribution in [0.5, 0.6) is 17.4 Å². The summed E-state index contributed by atoms with van der Waals surface area (Å²) in [5.74, 6) is -2.08. The van der Waals surface area contributed by atoms with Gasteiger partial charge in [-0.2, -0.15) is 61.5 Å². The lowest BCUT2D eigenvalue weighted by Gasteiger charge is -2.13. The van der Waals surface area contributed by atoms with Crippen molar-refractivity contribution in [2.45, 2.75) is 39.3 Å². The van der Waals surface area contributed by atoms with Crippen LogP contribution in [0.1, 0.15) is 18.4 Å². The van der Waals surface area contributed by atoms with Crippen molar-refractivity contribution in [2.75, 3.05) is 12.4 Å². The number of carbonyl (C=O) groups excluding carboxylic acids is 2. The van der Waals surface area contributed by atoms with Gasteiger partial charge in [0.2, 0.25) is 11.0 Å². The molecule has 9 aromatic rings. The highest BCUT2D eigenvalue weighted by molar-refractivity contribution is 7.89. The maximum Gasteiger partial charge on any atom is 0.425 e. The Morgan fingerprint density at radius 2 is 1.16 bits per heavy atom. The molecule has 454 valence electrons. The summed E-state index contributed by atoms with van der Waals surface area (Å²) in [7, 11) is -29.1. The molecule has 0 saturated carbocycles. The zero-order chi connectivity index (χ0) is 64.0. The summed E-state index contributed by atoms with van der Waals surface area (Å²) < 4.78 is 207. The Labute approximate surface area is 495 Å². The van der Waals surface area contributed by atoms with Crippen molar-refractivity contribution >= 4 is 144 Å². The summed E-state index contributed by atoms with van der Waals surface area (Å²) in [4.78, 5) is 15.8. The van der Waals surface area contributed by atoms with Gasteiger partial charge in [0.15, 0.2) is 11.4 Å². The highest BCUT2D eigenvalue weighted by Crippen LogP contribution is 2.46. The second-order valence-electron chi connectivity index (χ2n) is 17.4. The topological polar surface area (TPSA) is 512 Å². The number of rotatable bonds is 18. The van der Waals surface area contributed by atoms with Crippen LogP contribution < -0.4 is 4.74 Å². The van der Waals surface area contributed by atoms with Crippen LogP contribution in [0.15, 0.2) is 166 Å². The van der Waals surface area contributed by atoms with Crippen LogP contribution in [-0.4, -0.2) is 121 Å². The molecule has 7 aromatic carbocycles. The second kappa shape index (κ2) is 26.3. The molecule has 32 nitrogen and oxygen atoms in total. The Kier molecular flexibility index (Phi) is 19.8. The van der Waals surface area contributed by atoms with E-state index in [4.69, 9.17) is 31.5 Å². The number of para-hydroxylation sites is 1. The second-order valence-corrected chi connectivity index (χ2v) is 25.9. The summed E-state index contributed by atoms with van der Waals surface area (Å²) >= 11 is 1.31. The number of fused-ring (bicyclic) bond motifs is 3. The highest BCUT2D eigenvalue weighted by Gasteiger charge is 2.31. The molecule has 0 saturated heterocycles. The molecule has 39 heteroatoms. The first-order valence-corrected chi connectivity index (χ1v) is 32.7. The zero-order valence-electron chi connectivity index (χ0n) is 43.3. The van der Waals surface area contributed by atoms with Gasteiger partial charge in [0, 0.05) is 33.2 Å². The maximum absolute atomic E-state index is 13.2. The van der Waals surface area contributed by atoms with Crippen LogP contribution in [0.25, 0.3) is 48.7 Å². The fraction of sp³-hybridized carbons (Fsp3) is 0.104. The molecule has 0 aliphatic carbocycles. The molecule has 7 N–H and O–H groups in total. The number of hydrogen-bond acceptors (Lipinski definition) is 27. The van der Waals surface area contributed by atoms with E-state index in [9.17, 15) is 70.5 Å². The predicted molar refractivity (Wildman–Crippen MR) is 302 cm³/mol. The first kappa shape index (κ1) is 65.5. The van der Waals surface area contributed by atoms with Gasteiger partial charge in [-0.05, 0) is 79.9 Å². The number of thiazole rings is 1. The van der Waals surface area contributed by atoms with Crippen molar-refractivity contribution in [2.24, 2.45) is 30.7 Å². The SMILES string of the molecule is Cc1cc(N=Nc2ccc3c(S(=O)(=O)O)c(N=Nc4c(-c5ccccc5)nn(-c5cc(S(=O)(=O)O)c6ccc(S(=O)(=O)O)c(S(=O)(=O)O)c6c5)c4O)ccc3c2O)c(OCCCCS(=O)(=O)O)cc1N=Nc1nc2ccccc2s1.O=C=O.O=S(=O)=O. The Balaban J connectivity index is 0.00000147. The molecule has 0 spiro atoms. The molecule has 2 aromatic heterocycles. The van der Waals surface area contributed by atoms with E-state index < -0.39 is 126 Å². The van der Waals surface area contributed by atoms with Gasteiger partial charge >= 0.3 is 16.8 Å². The third-order valence-electron chi connectivity index (χ3n) is 11.7.